The molecule has 2 amide bonds. The molecule has 2 aliphatic carbocycles. The molecule has 262 valence electrons. The fraction of sp³-hybridized carbons (Fsp3) is 0.154. The molecule has 2 aliphatic rings. The Morgan fingerprint density at radius 3 is 1.68 bits per heavy atom. The third-order valence-corrected chi connectivity index (χ3v) is 9.22. The lowest BCUT2D eigenvalue weighted by Gasteiger charge is -2.09. The SMILES string of the molecule is O=C(Nc1cccc(-c2nncn2C2CC2)c1)c1cc(-c2cccnc2)ccn1.O=C(Nc1cccc(-c2nncn2C2CC2)c1)c1cc(Br)ccn1. The maximum absolute atomic E-state index is 12.8. The van der Waals surface area contributed by atoms with Gasteiger partial charge in [-0.2, -0.15) is 0 Å². The van der Waals surface area contributed by atoms with Crippen LogP contribution in [0.3, 0.4) is 0 Å². The number of hydrogen-bond acceptors (Lipinski definition) is 9. The van der Waals surface area contributed by atoms with E-state index in [-0.39, 0.29) is 11.8 Å². The summed E-state index contributed by atoms with van der Waals surface area (Å²) in [5, 5.41) is 22.3. The van der Waals surface area contributed by atoms with E-state index in [1.165, 1.54) is 0 Å². The largest absolute Gasteiger partial charge is 0.321 e. The van der Waals surface area contributed by atoms with Crippen LogP contribution < -0.4 is 10.6 Å². The van der Waals surface area contributed by atoms with E-state index >= 15 is 0 Å². The van der Waals surface area contributed by atoms with Gasteiger partial charge in [-0.05, 0) is 85.8 Å². The van der Waals surface area contributed by atoms with E-state index in [0.717, 1.165) is 64.1 Å². The Kier molecular flexibility index (Phi) is 9.58. The van der Waals surface area contributed by atoms with Crippen molar-refractivity contribution in [3.8, 4) is 33.9 Å². The van der Waals surface area contributed by atoms with Crippen LogP contribution in [0.4, 0.5) is 11.4 Å². The highest BCUT2D eigenvalue weighted by atomic mass is 79.9. The van der Waals surface area contributed by atoms with Crippen molar-refractivity contribution in [3.05, 3.63) is 138 Å². The molecule has 0 spiro atoms. The van der Waals surface area contributed by atoms with Crippen LogP contribution >= 0.6 is 15.9 Å². The molecule has 2 fully saturated rings. The lowest BCUT2D eigenvalue weighted by molar-refractivity contribution is 0.101. The summed E-state index contributed by atoms with van der Waals surface area (Å²) in [5.41, 5.74) is 5.77. The van der Waals surface area contributed by atoms with Gasteiger partial charge < -0.3 is 19.8 Å². The first-order valence-corrected chi connectivity index (χ1v) is 17.9. The molecule has 0 aliphatic heterocycles. The first kappa shape index (κ1) is 33.7. The second kappa shape index (κ2) is 15.1. The van der Waals surface area contributed by atoms with Crippen molar-refractivity contribution >= 4 is 39.1 Å². The van der Waals surface area contributed by atoms with Crippen LogP contribution in [0.25, 0.3) is 33.9 Å². The van der Waals surface area contributed by atoms with Gasteiger partial charge in [0.15, 0.2) is 11.6 Å². The minimum Gasteiger partial charge on any atom is -0.321 e. The maximum atomic E-state index is 12.8. The summed E-state index contributed by atoms with van der Waals surface area (Å²) >= 11 is 3.34. The third-order valence-electron chi connectivity index (χ3n) is 8.73. The van der Waals surface area contributed by atoms with E-state index in [1.54, 1.807) is 55.6 Å². The lowest BCUT2D eigenvalue weighted by atomic mass is 10.1. The van der Waals surface area contributed by atoms with Crippen LogP contribution in [0.2, 0.25) is 0 Å². The van der Waals surface area contributed by atoms with Gasteiger partial charge in [0.25, 0.3) is 11.8 Å². The van der Waals surface area contributed by atoms with E-state index in [2.05, 4.69) is 71.0 Å². The van der Waals surface area contributed by atoms with Gasteiger partial charge in [-0.15, -0.1) is 20.4 Å². The van der Waals surface area contributed by atoms with Gasteiger partial charge in [0.05, 0.1) is 0 Å². The zero-order valence-electron chi connectivity index (χ0n) is 28.2. The van der Waals surface area contributed by atoms with Gasteiger partial charge in [0, 0.05) is 69.4 Å². The topological polar surface area (TPSA) is 158 Å². The zero-order chi connectivity index (χ0) is 36.1. The minimum atomic E-state index is -0.267. The van der Waals surface area contributed by atoms with Gasteiger partial charge in [-0.3, -0.25) is 24.5 Å². The van der Waals surface area contributed by atoms with Crippen LogP contribution in [0, 0.1) is 0 Å². The van der Waals surface area contributed by atoms with Crippen LogP contribution in [0.1, 0.15) is 58.7 Å². The molecule has 2 saturated carbocycles. The van der Waals surface area contributed by atoms with E-state index in [0.29, 0.717) is 34.8 Å². The maximum Gasteiger partial charge on any atom is 0.274 e. The highest BCUT2D eigenvalue weighted by molar-refractivity contribution is 9.10. The van der Waals surface area contributed by atoms with Crippen molar-refractivity contribution in [2.75, 3.05) is 10.6 Å². The van der Waals surface area contributed by atoms with Gasteiger partial charge in [0.2, 0.25) is 0 Å². The summed E-state index contributed by atoms with van der Waals surface area (Å²) in [4.78, 5) is 37.5. The number of carbonyl (C=O) groups excluding carboxylic acids is 2. The first-order chi connectivity index (χ1) is 26.0. The normalized spacial score (nSPS) is 13.5. The quantitative estimate of drug-likeness (QED) is 0.150. The average molecular weight is 767 g/mol. The molecule has 53 heavy (non-hydrogen) atoms. The molecule has 5 heterocycles. The van der Waals surface area contributed by atoms with Crippen molar-refractivity contribution in [3.63, 3.8) is 0 Å². The van der Waals surface area contributed by atoms with Gasteiger partial charge in [-0.25, -0.2) is 0 Å². The Balaban J connectivity index is 0.000000154. The number of pyridine rings is 3. The van der Waals surface area contributed by atoms with Crippen LogP contribution in [0.5, 0.6) is 0 Å². The fourth-order valence-corrected chi connectivity index (χ4v) is 6.13. The number of halogens is 1. The number of hydrogen-bond donors (Lipinski definition) is 2. The molecule has 7 aromatic rings. The molecule has 5 aromatic heterocycles. The van der Waals surface area contributed by atoms with Crippen LogP contribution in [-0.4, -0.2) is 56.3 Å². The predicted molar refractivity (Wildman–Crippen MR) is 203 cm³/mol. The summed E-state index contributed by atoms with van der Waals surface area (Å²) in [5.74, 6) is 1.13. The van der Waals surface area contributed by atoms with Gasteiger partial charge >= 0.3 is 0 Å². The van der Waals surface area contributed by atoms with Crippen molar-refractivity contribution in [2.24, 2.45) is 0 Å². The fourth-order valence-electron chi connectivity index (χ4n) is 5.80. The number of aromatic nitrogens is 9. The predicted octanol–water partition coefficient (Wildman–Crippen LogP) is 7.68. The summed E-state index contributed by atoms with van der Waals surface area (Å²) < 4.78 is 5.00. The number of benzene rings is 2. The van der Waals surface area contributed by atoms with Gasteiger partial charge in [0.1, 0.15) is 24.0 Å². The monoisotopic (exact) mass is 765 g/mol. The zero-order valence-corrected chi connectivity index (χ0v) is 29.8. The van der Waals surface area contributed by atoms with Crippen molar-refractivity contribution in [2.45, 2.75) is 37.8 Å². The van der Waals surface area contributed by atoms with E-state index in [4.69, 9.17) is 0 Å². The van der Waals surface area contributed by atoms with E-state index in [1.807, 2.05) is 66.7 Å². The Labute approximate surface area is 312 Å². The molecule has 14 heteroatoms. The highest BCUT2D eigenvalue weighted by Gasteiger charge is 2.27. The van der Waals surface area contributed by atoms with Gasteiger partial charge in [-0.1, -0.05) is 46.3 Å². The Hall–Kier alpha value is -6.41. The Bertz CT molecular complexity index is 2400. The van der Waals surface area contributed by atoms with Crippen LogP contribution in [-0.2, 0) is 0 Å². The number of amides is 2. The molecule has 0 saturated heterocycles. The number of nitrogens with zero attached hydrogens (tertiary/aromatic N) is 9. The second-order valence-corrected chi connectivity index (χ2v) is 13.6. The Morgan fingerprint density at radius 1 is 0.604 bits per heavy atom. The molecule has 2 N–H and O–H groups in total. The molecule has 0 bridgehead atoms. The number of anilines is 2. The van der Waals surface area contributed by atoms with E-state index < -0.39 is 0 Å². The lowest BCUT2D eigenvalue weighted by Crippen LogP contribution is -2.13. The molecule has 0 radical (unpaired) electrons. The first-order valence-electron chi connectivity index (χ1n) is 17.1. The molecule has 2 aromatic carbocycles. The highest BCUT2D eigenvalue weighted by Crippen LogP contribution is 2.38. The molecule has 9 rings (SSSR count). The number of carbonyl (C=O) groups is 2. The third kappa shape index (κ3) is 8.07. The number of rotatable bonds is 9. The Morgan fingerprint density at radius 2 is 1.15 bits per heavy atom. The minimum absolute atomic E-state index is 0.253. The summed E-state index contributed by atoms with van der Waals surface area (Å²) in [7, 11) is 0. The molecular weight excluding hydrogens is 734 g/mol. The van der Waals surface area contributed by atoms with Crippen molar-refractivity contribution < 1.29 is 9.59 Å². The standard InChI is InChI=1S/C22H18N6O.C17H14BrN5O/c29-22(20-12-15(8-10-24-20)17-4-2-9-23-13-17)26-18-5-1-3-16(11-18)21-27-25-14-28(21)19-6-7-19;18-12-6-7-19-15(9-12)17(24)21-13-3-1-2-11(8-13)16-22-20-10-23(16)14-4-5-14/h1-5,8-14,19H,6-7H2,(H,26,29);1-3,6-10,14H,4-5H2,(H,21,24). The number of nitrogens with one attached hydrogen (secondary N) is 2. The molecule has 0 atom stereocenters. The second-order valence-electron chi connectivity index (χ2n) is 12.7. The summed E-state index contributed by atoms with van der Waals surface area (Å²) in [6.45, 7) is 0. The van der Waals surface area contributed by atoms with Crippen molar-refractivity contribution in [1.82, 2.24) is 44.5 Å². The van der Waals surface area contributed by atoms with E-state index in [9.17, 15) is 9.59 Å². The van der Waals surface area contributed by atoms with Crippen molar-refractivity contribution in [1.29, 1.82) is 0 Å². The molecule has 0 unspecified atom stereocenters. The molecular formula is C39H32BrN11O2. The average Bonchev–Trinajstić information content (AvgIpc) is 4.13. The van der Waals surface area contributed by atoms with Crippen LogP contribution in [0.15, 0.2) is 127 Å². The summed E-state index contributed by atoms with van der Waals surface area (Å²) in [6.07, 6.45) is 14.9. The molecule has 13 nitrogen and oxygen atoms in total. The summed E-state index contributed by atoms with van der Waals surface area (Å²) in [6, 6.07) is 27.1. The smallest absolute Gasteiger partial charge is 0.274 e.